The maximum Gasteiger partial charge on any atom is 0.134 e. The average Bonchev–Trinajstić information content (AvgIpc) is 2.53. The number of anilines is 1. The Morgan fingerprint density at radius 1 is 1.47 bits per heavy atom. The first-order chi connectivity index (χ1) is 7.22. The maximum absolute atomic E-state index is 11.3. The number of hydrogen-bond donors (Lipinski definition) is 1. The van der Waals surface area contributed by atoms with Gasteiger partial charge in [-0.15, -0.1) is 0 Å². The lowest BCUT2D eigenvalue weighted by molar-refractivity contribution is 0.696. The summed E-state index contributed by atoms with van der Waals surface area (Å²) in [5.74, 6) is 0. The zero-order valence-corrected chi connectivity index (χ0v) is 9.61. The van der Waals surface area contributed by atoms with E-state index in [1.165, 1.54) is 16.4 Å². The highest BCUT2D eigenvalue weighted by atomic mass is 33.1. The summed E-state index contributed by atoms with van der Waals surface area (Å²) in [4.78, 5) is 4.45. The van der Waals surface area contributed by atoms with E-state index in [1.807, 2.05) is 25.1 Å². The van der Waals surface area contributed by atoms with Crippen molar-refractivity contribution in [1.29, 1.82) is 0 Å². The largest absolute Gasteiger partial charge is 0.351 e. The Kier molecular flexibility index (Phi) is 1.97. The predicted octanol–water partition coefficient (Wildman–Crippen LogP) is 2.70. The van der Waals surface area contributed by atoms with Crippen LogP contribution < -0.4 is 5.32 Å². The van der Waals surface area contributed by atoms with Gasteiger partial charge in [0.2, 0.25) is 0 Å². The second-order valence-corrected chi connectivity index (χ2v) is 6.23. The Bertz CT molecular complexity index is 534. The molecule has 1 aromatic rings. The molecule has 0 aliphatic carbocycles. The Morgan fingerprint density at radius 2 is 2.33 bits per heavy atom. The van der Waals surface area contributed by atoms with Gasteiger partial charge < -0.3 is 5.32 Å². The van der Waals surface area contributed by atoms with E-state index in [1.54, 1.807) is 5.41 Å². The SMILES string of the molecule is Cc1ccc2c(c1)NC1=CS(=O)SC1=N2. The number of benzene rings is 1. The van der Waals surface area contributed by atoms with E-state index < -0.39 is 9.83 Å². The second kappa shape index (κ2) is 3.21. The molecule has 15 heavy (non-hydrogen) atoms. The quantitative estimate of drug-likeness (QED) is 0.704. The van der Waals surface area contributed by atoms with Crippen LogP contribution in [-0.4, -0.2) is 9.25 Å². The molecule has 0 saturated heterocycles. The Hall–Kier alpha value is -1.07. The van der Waals surface area contributed by atoms with Gasteiger partial charge in [-0.1, -0.05) is 6.07 Å². The normalized spacial score (nSPS) is 22.3. The zero-order valence-electron chi connectivity index (χ0n) is 7.98. The fourth-order valence-corrected chi connectivity index (χ4v) is 3.81. The third-order valence-electron chi connectivity index (χ3n) is 2.25. The van der Waals surface area contributed by atoms with Crippen molar-refractivity contribution in [3.63, 3.8) is 0 Å². The molecule has 0 radical (unpaired) electrons. The van der Waals surface area contributed by atoms with Crippen molar-refractivity contribution >= 4 is 37.0 Å². The maximum atomic E-state index is 11.3. The molecule has 1 N–H and O–H groups in total. The van der Waals surface area contributed by atoms with Crippen LogP contribution in [0.25, 0.3) is 0 Å². The van der Waals surface area contributed by atoms with E-state index in [9.17, 15) is 4.21 Å². The van der Waals surface area contributed by atoms with Crippen molar-refractivity contribution in [1.82, 2.24) is 0 Å². The monoisotopic (exact) mass is 236 g/mol. The summed E-state index contributed by atoms with van der Waals surface area (Å²) in [6.45, 7) is 2.04. The van der Waals surface area contributed by atoms with Gasteiger partial charge in [0.25, 0.3) is 0 Å². The molecule has 2 aliphatic rings. The van der Waals surface area contributed by atoms with E-state index in [0.29, 0.717) is 0 Å². The molecule has 0 bridgehead atoms. The van der Waals surface area contributed by atoms with Gasteiger partial charge in [0.15, 0.2) is 0 Å². The van der Waals surface area contributed by atoms with E-state index in [2.05, 4.69) is 10.3 Å². The molecule has 0 saturated carbocycles. The molecule has 0 spiro atoms. The number of aryl methyl sites for hydroxylation is 1. The third kappa shape index (κ3) is 1.52. The van der Waals surface area contributed by atoms with Crippen LogP contribution in [0.4, 0.5) is 11.4 Å². The van der Waals surface area contributed by atoms with Gasteiger partial charge in [0.1, 0.15) is 14.9 Å². The summed E-state index contributed by atoms with van der Waals surface area (Å²) >= 11 is 0. The summed E-state index contributed by atoms with van der Waals surface area (Å²) in [5.41, 5.74) is 3.97. The number of rotatable bonds is 0. The molecular weight excluding hydrogens is 228 g/mol. The van der Waals surface area contributed by atoms with Crippen LogP contribution in [0, 0.1) is 6.92 Å². The molecule has 3 rings (SSSR count). The smallest absolute Gasteiger partial charge is 0.134 e. The number of fused-ring (bicyclic) bond motifs is 2. The summed E-state index contributed by atoms with van der Waals surface area (Å²) in [6, 6.07) is 6.04. The van der Waals surface area contributed by atoms with Crippen molar-refractivity contribution in [2.24, 2.45) is 4.99 Å². The van der Waals surface area contributed by atoms with Crippen LogP contribution in [0.3, 0.4) is 0 Å². The van der Waals surface area contributed by atoms with Crippen LogP contribution in [0.2, 0.25) is 0 Å². The van der Waals surface area contributed by atoms with E-state index in [4.69, 9.17) is 0 Å². The molecule has 1 unspecified atom stereocenters. The van der Waals surface area contributed by atoms with Crippen molar-refractivity contribution in [3.8, 4) is 0 Å². The summed E-state index contributed by atoms with van der Waals surface area (Å²) < 4.78 is 11.3. The van der Waals surface area contributed by atoms with E-state index in [0.717, 1.165) is 22.1 Å². The molecule has 0 aromatic heterocycles. The van der Waals surface area contributed by atoms with Crippen LogP contribution in [0.15, 0.2) is 34.3 Å². The van der Waals surface area contributed by atoms with Gasteiger partial charge in [-0.3, -0.25) is 0 Å². The van der Waals surface area contributed by atoms with Crippen molar-refractivity contribution in [2.75, 3.05) is 5.32 Å². The predicted molar refractivity (Wildman–Crippen MR) is 65.7 cm³/mol. The molecule has 0 fully saturated rings. The number of nitrogens with one attached hydrogen (secondary N) is 1. The molecule has 2 heterocycles. The standard InChI is InChI=1S/C10H8N2OS2/c1-6-2-3-7-8(4-6)11-9-5-15(13)14-10(9)12-7/h2-5,11H,1H3. The average molecular weight is 236 g/mol. The first-order valence-corrected chi connectivity index (χ1v) is 7.04. The lowest BCUT2D eigenvalue weighted by Crippen LogP contribution is -2.09. The van der Waals surface area contributed by atoms with Gasteiger partial charge >= 0.3 is 0 Å². The van der Waals surface area contributed by atoms with Crippen molar-refractivity contribution in [2.45, 2.75) is 6.92 Å². The van der Waals surface area contributed by atoms with E-state index >= 15 is 0 Å². The summed E-state index contributed by atoms with van der Waals surface area (Å²) in [7, 11) is 0.309. The minimum absolute atomic E-state index is 0.824. The highest BCUT2D eigenvalue weighted by molar-refractivity contribution is 8.77. The molecule has 1 aromatic carbocycles. The Labute approximate surface area is 93.5 Å². The fraction of sp³-hybridized carbons (Fsp3) is 0.100. The Balaban J connectivity index is 2.15. The van der Waals surface area contributed by atoms with Gasteiger partial charge in [0.05, 0.1) is 17.1 Å². The number of hydrogen-bond acceptors (Lipinski definition) is 4. The topological polar surface area (TPSA) is 41.5 Å². The van der Waals surface area contributed by atoms with Gasteiger partial charge in [-0.2, -0.15) is 0 Å². The van der Waals surface area contributed by atoms with Gasteiger partial charge in [-0.05, 0) is 24.6 Å². The highest BCUT2D eigenvalue weighted by Crippen LogP contribution is 2.38. The Morgan fingerprint density at radius 3 is 3.20 bits per heavy atom. The van der Waals surface area contributed by atoms with E-state index in [-0.39, 0.29) is 0 Å². The lowest BCUT2D eigenvalue weighted by atomic mass is 10.1. The van der Waals surface area contributed by atoms with Crippen molar-refractivity contribution in [3.05, 3.63) is 34.9 Å². The molecule has 2 aliphatic heterocycles. The van der Waals surface area contributed by atoms with Gasteiger partial charge in [0, 0.05) is 16.2 Å². The molecule has 76 valence electrons. The van der Waals surface area contributed by atoms with Crippen LogP contribution >= 0.6 is 10.8 Å². The minimum Gasteiger partial charge on any atom is -0.351 e. The molecule has 5 heteroatoms. The van der Waals surface area contributed by atoms with Crippen LogP contribution in [-0.2, 0) is 9.83 Å². The van der Waals surface area contributed by atoms with Crippen molar-refractivity contribution < 1.29 is 4.21 Å². The number of nitrogens with zero attached hydrogens (tertiary/aromatic N) is 1. The first-order valence-electron chi connectivity index (χ1n) is 4.50. The molecule has 3 nitrogen and oxygen atoms in total. The molecular formula is C10H8N2OS2. The van der Waals surface area contributed by atoms with Gasteiger partial charge in [-0.25, -0.2) is 9.20 Å². The highest BCUT2D eigenvalue weighted by Gasteiger charge is 2.24. The van der Waals surface area contributed by atoms with Crippen LogP contribution in [0.5, 0.6) is 0 Å². The summed E-state index contributed by atoms with van der Waals surface area (Å²) in [5, 5.41) is 5.77. The number of aliphatic imine (C=N–C) groups is 1. The summed E-state index contributed by atoms with van der Waals surface area (Å²) in [6.07, 6.45) is 0. The minimum atomic E-state index is -0.975. The first kappa shape index (κ1) is 9.18. The third-order valence-corrected chi connectivity index (χ3v) is 4.57. The van der Waals surface area contributed by atoms with Crippen LogP contribution in [0.1, 0.15) is 5.56 Å². The lowest BCUT2D eigenvalue weighted by Gasteiger charge is -2.16. The molecule has 1 atom stereocenters. The fourth-order valence-electron chi connectivity index (χ4n) is 1.56. The zero-order chi connectivity index (χ0) is 10.4. The second-order valence-electron chi connectivity index (χ2n) is 3.44. The molecule has 0 amide bonds.